The predicted octanol–water partition coefficient (Wildman–Crippen LogP) is 6.63. The van der Waals surface area contributed by atoms with Gasteiger partial charge in [-0.2, -0.15) is 5.10 Å². The summed E-state index contributed by atoms with van der Waals surface area (Å²) < 4.78 is 18.0. The Hall–Kier alpha value is -4.20. The Morgan fingerprint density at radius 3 is 2.57 bits per heavy atom. The Balaban J connectivity index is 1.35. The highest BCUT2D eigenvalue weighted by molar-refractivity contribution is 6.04. The number of carbonyl (C=O) groups excluding carboxylic acids is 2. The molecule has 1 aliphatic heterocycles. The molecule has 1 N–H and O–H groups in total. The van der Waals surface area contributed by atoms with Crippen LogP contribution in [0.2, 0.25) is 0 Å². The van der Waals surface area contributed by atoms with E-state index in [1.807, 2.05) is 24.4 Å². The lowest BCUT2D eigenvalue weighted by Crippen LogP contribution is -2.36. The number of carbonyl (C=O) groups is 2. The number of halogens is 1. The molecule has 0 unspecified atom stereocenters. The maximum absolute atomic E-state index is 16.3. The number of nitrogens with zero attached hydrogens (tertiary/aromatic N) is 4. The van der Waals surface area contributed by atoms with Gasteiger partial charge in [0.25, 0.3) is 5.91 Å². The molecule has 7 nitrogen and oxygen atoms in total. The molecule has 0 atom stereocenters. The normalized spacial score (nSPS) is 16.1. The van der Waals surface area contributed by atoms with Crippen LogP contribution in [0.1, 0.15) is 72.5 Å². The first-order valence-corrected chi connectivity index (χ1v) is 15.0. The summed E-state index contributed by atoms with van der Waals surface area (Å²) >= 11 is 0. The average molecular weight is 568 g/mol. The van der Waals surface area contributed by atoms with Crippen LogP contribution in [0.4, 0.5) is 4.39 Å². The molecular weight excluding hydrogens is 529 g/mol. The molecule has 2 amide bonds. The van der Waals surface area contributed by atoms with Crippen molar-refractivity contribution in [1.29, 1.82) is 0 Å². The first kappa shape index (κ1) is 27.9. The molecule has 1 aliphatic carbocycles. The molecule has 3 heterocycles. The minimum atomic E-state index is -0.400. The quantitative estimate of drug-likeness (QED) is 0.273. The molecule has 0 spiro atoms. The van der Waals surface area contributed by atoms with Crippen molar-refractivity contribution >= 4 is 28.3 Å². The van der Waals surface area contributed by atoms with E-state index in [1.165, 1.54) is 42.6 Å². The Kier molecular flexibility index (Phi) is 7.96. The van der Waals surface area contributed by atoms with Crippen LogP contribution in [-0.4, -0.2) is 63.6 Å². The molecular formula is C34H38FN5O2. The number of hydrogen-bond acceptors (Lipinski definition) is 3. The fraction of sp³-hybridized carbons (Fsp3) is 0.382. The molecule has 0 saturated heterocycles. The molecule has 2 aromatic heterocycles. The van der Waals surface area contributed by atoms with Gasteiger partial charge < -0.3 is 14.8 Å². The molecule has 4 aromatic rings. The highest BCUT2D eigenvalue weighted by Gasteiger charge is 2.25. The van der Waals surface area contributed by atoms with Gasteiger partial charge in [-0.1, -0.05) is 49.6 Å². The van der Waals surface area contributed by atoms with Gasteiger partial charge in [0.15, 0.2) is 5.82 Å². The van der Waals surface area contributed by atoms with Crippen LogP contribution in [0.25, 0.3) is 27.6 Å². The standard InChI is InChI=1S/C34H38FN5O2/c1-38(2)34(42)30-21-29-27(25-13-11-24(12-14-25)23-8-4-3-5-9-23)20-28(32(35)33(29)37-30)26-10-6-17-39(22-26)31(41)15-19-40-18-7-16-36-40/h7,10-14,16,18,20-21,23,37H,3-6,8-9,15,17,19,22H2,1-2H3. The summed E-state index contributed by atoms with van der Waals surface area (Å²) in [6.45, 7) is 1.45. The van der Waals surface area contributed by atoms with Crippen LogP contribution in [0.5, 0.6) is 0 Å². The number of rotatable bonds is 7. The largest absolute Gasteiger partial charge is 0.348 e. The van der Waals surface area contributed by atoms with Gasteiger partial charge in [0.1, 0.15) is 5.69 Å². The van der Waals surface area contributed by atoms with Crippen LogP contribution < -0.4 is 0 Å². The highest BCUT2D eigenvalue weighted by Crippen LogP contribution is 2.38. The van der Waals surface area contributed by atoms with E-state index in [4.69, 9.17) is 0 Å². The van der Waals surface area contributed by atoms with Crippen molar-refractivity contribution in [2.75, 3.05) is 27.2 Å². The molecule has 218 valence electrons. The van der Waals surface area contributed by atoms with Crippen LogP contribution in [0.15, 0.2) is 60.9 Å². The molecule has 2 aliphatic rings. The van der Waals surface area contributed by atoms with Crippen molar-refractivity contribution < 1.29 is 14.0 Å². The van der Waals surface area contributed by atoms with Crippen LogP contribution in [-0.2, 0) is 11.3 Å². The summed E-state index contributed by atoms with van der Waals surface area (Å²) in [5, 5.41) is 4.86. The monoisotopic (exact) mass is 567 g/mol. The van der Waals surface area contributed by atoms with Gasteiger partial charge >= 0.3 is 0 Å². The zero-order valence-corrected chi connectivity index (χ0v) is 24.4. The maximum atomic E-state index is 16.3. The fourth-order valence-electron chi connectivity index (χ4n) is 6.41. The van der Waals surface area contributed by atoms with Crippen LogP contribution in [0.3, 0.4) is 0 Å². The van der Waals surface area contributed by atoms with E-state index in [9.17, 15) is 9.59 Å². The van der Waals surface area contributed by atoms with Crippen LogP contribution in [0, 0.1) is 5.82 Å². The molecule has 1 fully saturated rings. The van der Waals surface area contributed by atoms with Gasteiger partial charge in [-0.05, 0) is 65.6 Å². The SMILES string of the molecule is CN(C)C(=O)c1cc2c(-c3ccc(C4CCCCC4)cc3)cc(C3=CCCN(C(=O)CCn4cccn4)C3)c(F)c2[nH]1. The van der Waals surface area contributed by atoms with Gasteiger partial charge in [0.2, 0.25) is 5.91 Å². The first-order valence-electron chi connectivity index (χ1n) is 15.0. The number of nitrogens with one attached hydrogen (secondary N) is 1. The van der Waals surface area contributed by atoms with Gasteiger partial charge in [0, 0.05) is 63.5 Å². The molecule has 1 saturated carbocycles. The summed E-state index contributed by atoms with van der Waals surface area (Å²) in [5.41, 5.74) is 5.10. The number of amides is 2. The third-order valence-corrected chi connectivity index (χ3v) is 8.75. The van der Waals surface area contributed by atoms with E-state index >= 15 is 4.39 Å². The van der Waals surface area contributed by atoms with Crippen LogP contribution >= 0.6 is 0 Å². The second kappa shape index (κ2) is 12.0. The minimum absolute atomic E-state index is 0.0230. The summed E-state index contributed by atoms with van der Waals surface area (Å²) in [7, 11) is 3.37. The van der Waals surface area contributed by atoms with Gasteiger partial charge in [-0.25, -0.2) is 4.39 Å². The van der Waals surface area contributed by atoms with Crippen molar-refractivity contribution in [1.82, 2.24) is 24.6 Å². The highest BCUT2D eigenvalue weighted by atomic mass is 19.1. The summed E-state index contributed by atoms with van der Waals surface area (Å²) in [6.07, 6.45) is 12.9. The van der Waals surface area contributed by atoms with Gasteiger partial charge in [0.05, 0.1) is 5.52 Å². The third-order valence-electron chi connectivity index (χ3n) is 8.75. The number of fused-ring (bicyclic) bond motifs is 1. The van der Waals surface area contributed by atoms with E-state index < -0.39 is 5.82 Å². The molecule has 0 radical (unpaired) electrons. The summed E-state index contributed by atoms with van der Waals surface area (Å²) in [6, 6.07) is 14.2. The summed E-state index contributed by atoms with van der Waals surface area (Å²) in [5.74, 6) is 0.00582. The predicted molar refractivity (Wildman–Crippen MR) is 164 cm³/mol. The molecule has 42 heavy (non-hydrogen) atoms. The fourth-order valence-corrected chi connectivity index (χ4v) is 6.41. The number of aromatic amines is 1. The first-order chi connectivity index (χ1) is 20.4. The van der Waals surface area contributed by atoms with Gasteiger partial charge in [-0.15, -0.1) is 0 Å². The zero-order chi connectivity index (χ0) is 29.2. The van der Waals surface area contributed by atoms with Crippen molar-refractivity contribution in [2.24, 2.45) is 0 Å². The van der Waals surface area contributed by atoms with E-state index in [1.54, 1.807) is 35.9 Å². The van der Waals surface area contributed by atoms with Crippen molar-refractivity contribution in [3.8, 4) is 11.1 Å². The van der Waals surface area contributed by atoms with Crippen molar-refractivity contribution in [2.45, 2.75) is 57.4 Å². The Morgan fingerprint density at radius 1 is 1.07 bits per heavy atom. The number of benzene rings is 2. The van der Waals surface area contributed by atoms with E-state index in [2.05, 4.69) is 34.3 Å². The summed E-state index contributed by atoms with van der Waals surface area (Å²) in [4.78, 5) is 32.3. The lowest BCUT2D eigenvalue weighted by Gasteiger charge is -2.28. The van der Waals surface area contributed by atoms with E-state index in [0.717, 1.165) is 16.7 Å². The second-order valence-electron chi connectivity index (χ2n) is 11.8. The number of aromatic nitrogens is 3. The Bertz CT molecular complexity index is 1610. The smallest absolute Gasteiger partial charge is 0.269 e. The Morgan fingerprint density at radius 2 is 1.86 bits per heavy atom. The van der Waals surface area contributed by atoms with Crippen molar-refractivity contribution in [3.05, 3.63) is 83.6 Å². The number of hydrogen-bond donors (Lipinski definition) is 1. The number of H-pyrrole nitrogens is 1. The lowest BCUT2D eigenvalue weighted by atomic mass is 9.83. The molecule has 2 aromatic carbocycles. The minimum Gasteiger partial charge on any atom is -0.348 e. The van der Waals surface area contributed by atoms with Gasteiger partial charge in [-0.3, -0.25) is 14.3 Å². The topological polar surface area (TPSA) is 74.2 Å². The average Bonchev–Trinajstić information content (AvgIpc) is 3.71. The lowest BCUT2D eigenvalue weighted by molar-refractivity contribution is -0.131. The molecule has 0 bridgehead atoms. The van der Waals surface area contributed by atoms with E-state index in [-0.39, 0.29) is 11.8 Å². The maximum Gasteiger partial charge on any atom is 0.269 e. The second-order valence-corrected chi connectivity index (χ2v) is 11.8. The molecule has 6 rings (SSSR count). The van der Waals surface area contributed by atoms with Crippen molar-refractivity contribution in [3.63, 3.8) is 0 Å². The zero-order valence-electron chi connectivity index (χ0n) is 24.4. The number of aryl methyl sites for hydroxylation is 1. The molecule has 8 heteroatoms. The third kappa shape index (κ3) is 5.62. The Labute approximate surface area is 246 Å². The van der Waals surface area contributed by atoms with E-state index in [0.29, 0.717) is 60.6 Å².